The van der Waals surface area contributed by atoms with E-state index in [1.54, 1.807) is 13.2 Å². The molecule has 0 radical (unpaired) electrons. The molecule has 1 saturated heterocycles. The number of hydrogen-bond donors (Lipinski definition) is 1. The van der Waals surface area contributed by atoms with E-state index in [1.165, 1.54) is 0 Å². The molecule has 1 heterocycles. The van der Waals surface area contributed by atoms with Crippen molar-refractivity contribution in [3.8, 4) is 0 Å². The van der Waals surface area contributed by atoms with E-state index < -0.39 is 0 Å². The minimum atomic E-state index is 0.0313. The van der Waals surface area contributed by atoms with E-state index in [2.05, 4.69) is 0 Å². The summed E-state index contributed by atoms with van der Waals surface area (Å²) in [5.41, 5.74) is 8.20. The summed E-state index contributed by atoms with van der Waals surface area (Å²) in [5, 5.41) is 0. The van der Waals surface area contributed by atoms with E-state index >= 15 is 0 Å². The fourth-order valence-electron chi connectivity index (χ4n) is 2.59. The Hall–Kier alpha value is -1.75. The van der Waals surface area contributed by atoms with E-state index in [1.807, 2.05) is 36.0 Å². The highest BCUT2D eigenvalue weighted by molar-refractivity contribution is 5.96. The van der Waals surface area contributed by atoms with Crippen LogP contribution in [-0.4, -0.2) is 51.2 Å². The second-order valence-corrected chi connectivity index (χ2v) is 5.42. The van der Waals surface area contributed by atoms with Crippen molar-refractivity contribution in [2.24, 2.45) is 0 Å². The molecule has 20 heavy (non-hydrogen) atoms. The van der Waals surface area contributed by atoms with Crippen molar-refractivity contribution in [2.45, 2.75) is 18.9 Å². The molecule has 0 aromatic heterocycles. The molecule has 0 spiro atoms. The number of piperidine rings is 1. The highest BCUT2D eigenvalue weighted by Crippen LogP contribution is 2.24. The molecule has 1 atom stereocenters. The Labute approximate surface area is 120 Å². The van der Waals surface area contributed by atoms with Gasteiger partial charge in [0, 0.05) is 39.9 Å². The predicted molar refractivity (Wildman–Crippen MR) is 81.1 cm³/mol. The first-order valence-electron chi connectivity index (χ1n) is 6.92. The molecular weight excluding hydrogens is 254 g/mol. The van der Waals surface area contributed by atoms with Crippen LogP contribution in [-0.2, 0) is 4.74 Å². The number of carbonyl (C=O) groups excluding carboxylic acids is 1. The number of amides is 1. The molecule has 0 bridgehead atoms. The van der Waals surface area contributed by atoms with Crippen molar-refractivity contribution in [3.63, 3.8) is 0 Å². The summed E-state index contributed by atoms with van der Waals surface area (Å²) in [4.78, 5) is 16.3. The van der Waals surface area contributed by atoms with Gasteiger partial charge in [0.1, 0.15) is 0 Å². The fourth-order valence-corrected chi connectivity index (χ4v) is 2.59. The largest absolute Gasteiger partial charge is 0.397 e. The van der Waals surface area contributed by atoms with Gasteiger partial charge >= 0.3 is 0 Å². The summed E-state index contributed by atoms with van der Waals surface area (Å²) in [6, 6.07) is 5.48. The number of methoxy groups -OCH3 is 1. The third-order valence-electron chi connectivity index (χ3n) is 3.75. The van der Waals surface area contributed by atoms with Gasteiger partial charge in [-0.3, -0.25) is 4.79 Å². The van der Waals surface area contributed by atoms with Gasteiger partial charge in [-0.1, -0.05) is 0 Å². The van der Waals surface area contributed by atoms with Crippen LogP contribution in [0.3, 0.4) is 0 Å². The maximum absolute atomic E-state index is 12.5. The first-order chi connectivity index (χ1) is 9.52. The minimum absolute atomic E-state index is 0.0313. The van der Waals surface area contributed by atoms with Crippen LogP contribution in [0.15, 0.2) is 18.2 Å². The number of nitrogens with zero attached hydrogens (tertiary/aromatic N) is 2. The number of ether oxygens (including phenoxy) is 1. The summed E-state index contributed by atoms with van der Waals surface area (Å²) >= 11 is 0. The lowest BCUT2D eigenvalue weighted by molar-refractivity contribution is 0.0269. The molecule has 1 aliphatic rings. The number of rotatable bonds is 3. The number of nitrogens with two attached hydrogens (primary N) is 1. The molecule has 1 aromatic rings. The second kappa shape index (κ2) is 6.13. The fraction of sp³-hybridized carbons (Fsp3) is 0.533. The van der Waals surface area contributed by atoms with Crippen LogP contribution in [0.5, 0.6) is 0 Å². The topological polar surface area (TPSA) is 58.8 Å². The van der Waals surface area contributed by atoms with Crippen LogP contribution in [0.1, 0.15) is 23.2 Å². The molecule has 1 aromatic carbocycles. The SMILES string of the molecule is COC1CCCN(C(=O)c2ccc(N(C)C)c(N)c2)C1. The van der Waals surface area contributed by atoms with Crippen LogP contribution in [0.25, 0.3) is 0 Å². The summed E-state index contributed by atoms with van der Waals surface area (Å²) in [6.45, 7) is 1.44. The summed E-state index contributed by atoms with van der Waals surface area (Å²) in [5.74, 6) is 0.0313. The molecule has 0 aliphatic carbocycles. The highest BCUT2D eigenvalue weighted by atomic mass is 16.5. The lowest BCUT2D eigenvalue weighted by Gasteiger charge is -2.32. The van der Waals surface area contributed by atoms with E-state index in [4.69, 9.17) is 10.5 Å². The quantitative estimate of drug-likeness (QED) is 0.852. The Bertz CT molecular complexity index is 488. The third-order valence-corrected chi connectivity index (χ3v) is 3.75. The lowest BCUT2D eigenvalue weighted by Crippen LogP contribution is -2.42. The first kappa shape index (κ1) is 14.7. The zero-order valence-corrected chi connectivity index (χ0v) is 12.4. The van der Waals surface area contributed by atoms with Gasteiger partial charge < -0.3 is 20.3 Å². The molecule has 110 valence electrons. The molecule has 2 rings (SSSR count). The summed E-state index contributed by atoms with van der Waals surface area (Å²) < 4.78 is 5.36. The van der Waals surface area contributed by atoms with Crippen LogP contribution < -0.4 is 10.6 Å². The number of nitrogen functional groups attached to an aromatic ring is 1. The average molecular weight is 277 g/mol. The number of likely N-dealkylation sites (tertiary alicyclic amines) is 1. The predicted octanol–water partition coefficient (Wildman–Crippen LogP) is 1.59. The van der Waals surface area contributed by atoms with Gasteiger partial charge in [0.2, 0.25) is 0 Å². The third kappa shape index (κ3) is 3.04. The van der Waals surface area contributed by atoms with Crippen molar-refractivity contribution in [2.75, 3.05) is 44.9 Å². The molecule has 5 nitrogen and oxygen atoms in total. The molecule has 1 amide bonds. The Morgan fingerprint density at radius 2 is 2.20 bits per heavy atom. The number of benzene rings is 1. The summed E-state index contributed by atoms with van der Waals surface area (Å²) in [7, 11) is 5.56. The maximum atomic E-state index is 12.5. The Balaban J connectivity index is 2.15. The van der Waals surface area contributed by atoms with Gasteiger partial charge in [-0.05, 0) is 31.0 Å². The average Bonchev–Trinajstić information content (AvgIpc) is 2.46. The Kier molecular flexibility index (Phi) is 4.49. The standard InChI is InChI=1S/C15H23N3O2/c1-17(2)14-7-6-11(9-13(14)16)15(19)18-8-4-5-12(10-18)20-3/h6-7,9,12H,4-5,8,10,16H2,1-3H3. The van der Waals surface area contributed by atoms with Crippen molar-refractivity contribution in [1.82, 2.24) is 4.90 Å². The van der Waals surface area contributed by atoms with Gasteiger partial charge in [0.25, 0.3) is 5.91 Å². The molecule has 1 aliphatic heterocycles. The van der Waals surface area contributed by atoms with Crippen LogP contribution >= 0.6 is 0 Å². The van der Waals surface area contributed by atoms with Crippen LogP contribution in [0.4, 0.5) is 11.4 Å². The molecule has 0 saturated carbocycles. The Morgan fingerprint density at radius 3 is 2.80 bits per heavy atom. The van der Waals surface area contributed by atoms with Crippen molar-refractivity contribution in [1.29, 1.82) is 0 Å². The number of anilines is 2. The van der Waals surface area contributed by atoms with Gasteiger partial charge in [0.15, 0.2) is 0 Å². The van der Waals surface area contributed by atoms with Gasteiger partial charge in [-0.25, -0.2) is 0 Å². The van der Waals surface area contributed by atoms with Crippen molar-refractivity contribution in [3.05, 3.63) is 23.8 Å². The molecule has 5 heteroatoms. The second-order valence-electron chi connectivity index (χ2n) is 5.42. The zero-order valence-electron chi connectivity index (χ0n) is 12.4. The first-order valence-corrected chi connectivity index (χ1v) is 6.92. The number of hydrogen-bond acceptors (Lipinski definition) is 4. The van der Waals surface area contributed by atoms with E-state index in [-0.39, 0.29) is 12.0 Å². The minimum Gasteiger partial charge on any atom is -0.397 e. The monoisotopic (exact) mass is 277 g/mol. The van der Waals surface area contributed by atoms with E-state index in [9.17, 15) is 4.79 Å². The van der Waals surface area contributed by atoms with Gasteiger partial charge in [0.05, 0.1) is 17.5 Å². The molecule has 2 N–H and O–H groups in total. The normalized spacial score (nSPS) is 18.9. The molecular formula is C15H23N3O2. The number of carbonyl (C=O) groups is 1. The molecule has 1 unspecified atom stereocenters. The van der Waals surface area contributed by atoms with Crippen molar-refractivity contribution < 1.29 is 9.53 Å². The van der Waals surface area contributed by atoms with Crippen LogP contribution in [0.2, 0.25) is 0 Å². The molecule has 1 fully saturated rings. The lowest BCUT2D eigenvalue weighted by atomic mass is 10.1. The van der Waals surface area contributed by atoms with E-state index in [0.29, 0.717) is 17.8 Å². The van der Waals surface area contributed by atoms with Crippen LogP contribution in [0, 0.1) is 0 Å². The highest BCUT2D eigenvalue weighted by Gasteiger charge is 2.24. The van der Waals surface area contributed by atoms with Crippen molar-refractivity contribution >= 4 is 17.3 Å². The maximum Gasteiger partial charge on any atom is 0.254 e. The van der Waals surface area contributed by atoms with Gasteiger partial charge in [-0.2, -0.15) is 0 Å². The Morgan fingerprint density at radius 1 is 1.45 bits per heavy atom. The summed E-state index contributed by atoms with van der Waals surface area (Å²) in [6.07, 6.45) is 2.14. The van der Waals surface area contributed by atoms with Gasteiger partial charge in [-0.15, -0.1) is 0 Å². The smallest absolute Gasteiger partial charge is 0.254 e. The van der Waals surface area contributed by atoms with E-state index in [0.717, 1.165) is 25.1 Å². The zero-order chi connectivity index (χ0) is 14.7.